The van der Waals surface area contributed by atoms with Gasteiger partial charge in [-0.2, -0.15) is 5.26 Å². The van der Waals surface area contributed by atoms with Crippen LogP contribution in [0.3, 0.4) is 0 Å². The molecule has 0 heterocycles. The van der Waals surface area contributed by atoms with Crippen LogP contribution in [-0.2, 0) is 0 Å². The zero-order valence-electron chi connectivity index (χ0n) is 10.4. The number of nitrogens with zero attached hydrogens (tertiary/aromatic N) is 2. The van der Waals surface area contributed by atoms with Crippen LogP contribution in [0, 0.1) is 11.3 Å². The van der Waals surface area contributed by atoms with E-state index in [9.17, 15) is 0 Å². The van der Waals surface area contributed by atoms with E-state index in [1.54, 1.807) is 6.07 Å². The standard InChI is InChI=1S/C13H19N3/c1-9(2)16(10(3)4)13-6-5-12(15)7-11(13)8-14/h5-7,9-10H,15H2,1-4H3. The highest BCUT2D eigenvalue weighted by atomic mass is 15.2. The van der Waals surface area contributed by atoms with Gasteiger partial charge in [0.25, 0.3) is 0 Å². The molecule has 16 heavy (non-hydrogen) atoms. The molecular formula is C13H19N3. The zero-order valence-corrected chi connectivity index (χ0v) is 10.4. The number of nitrogen functional groups attached to an aromatic ring is 1. The first-order valence-corrected chi connectivity index (χ1v) is 5.55. The third kappa shape index (κ3) is 2.46. The maximum absolute atomic E-state index is 9.12. The molecule has 3 nitrogen and oxygen atoms in total. The van der Waals surface area contributed by atoms with Gasteiger partial charge in [0.2, 0.25) is 0 Å². The highest BCUT2D eigenvalue weighted by molar-refractivity contribution is 5.65. The van der Waals surface area contributed by atoms with Gasteiger partial charge in [-0.1, -0.05) is 0 Å². The molecule has 0 radical (unpaired) electrons. The van der Waals surface area contributed by atoms with Gasteiger partial charge in [0, 0.05) is 17.8 Å². The Hall–Kier alpha value is -1.69. The molecule has 1 aromatic carbocycles. The van der Waals surface area contributed by atoms with Crippen molar-refractivity contribution in [1.82, 2.24) is 0 Å². The van der Waals surface area contributed by atoms with Crippen LogP contribution in [-0.4, -0.2) is 12.1 Å². The summed E-state index contributed by atoms with van der Waals surface area (Å²) in [5, 5.41) is 9.12. The molecule has 1 rings (SSSR count). The monoisotopic (exact) mass is 217 g/mol. The second kappa shape index (κ2) is 4.89. The van der Waals surface area contributed by atoms with Crippen LogP contribution in [0.2, 0.25) is 0 Å². The molecule has 0 atom stereocenters. The van der Waals surface area contributed by atoms with E-state index in [-0.39, 0.29) is 0 Å². The Kier molecular flexibility index (Phi) is 3.78. The second-order valence-corrected chi connectivity index (χ2v) is 4.48. The lowest BCUT2D eigenvalue weighted by Crippen LogP contribution is -2.37. The first-order chi connectivity index (χ1) is 7.47. The summed E-state index contributed by atoms with van der Waals surface area (Å²) < 4.78 is 0. The van der Waals surface area contributed by atoms with Crippen molar-refractivity contribution in [1.29, 1.82) is 5.26 Å². The lowest BCUT2D eigenvalue weighted by molar-refractivity contribution is 0.607. The number of hydrogen-bond donors (Lipinski definition) is 1. The molecule has 0 bridgehead atoms. The normalized spacial score (nSPS) is 10.6. The lowest BCUT2D eigenvalue weighted by atomic mass is 10.1. The van der Waals surface area contributed by atoms with E-state index in [1.807, 2.05) is 12.1 Å². The van der Waals surface area contributed by atoms with Gasteiger partial charge in [0.1, 0.15) is 6.07 Å². The number of nitriles is 1. The summed E-state index contributed by atoms with van der Waals surface area (Å²) in [6.45, 7) is 8.49. The van der Waals surface area contributed by atoms with E-state index in [0.29, 0.717) is 23.3 Å². The van der Waals surface area contributed by atoms with Gasteiger partial charge in [0.05, 0.1) is 11.3 Å². The van der Waals surface area contributed by atoms with Gasteiger partial charge >= 0.3 is 0 Å². The minimum atomic E-state index is 0.357. The van der Waals surface area contributed by atoms with Crippen molar-refractivity contribution in [3.63, 3.8) is 0 Å². The lowest BCUT2D eigenvalue weighted by Gasteiger charge is -2.33. The molecule has 2 N–H and O–H groups in total. The molecule has 0 spiro atoms. The van der Waals surface area contributed by atoms with Crippen LogP contribution in [0.1, 0.15) is 33.3 Å². The number of nitrogens with two attached hydrogens (primary N) is 1. The molecule has 0 saturated carbocycles. The van der Waals surface area contributed by atoms with Gasteiger partial charge in [-0.15, -0.1) is 0 Å². The second-order valence-electron chi connectivity index (χ2n) is 4.48. The van der Waals surface area contributed by atoms with Crippen molar-refractivity contribution < 1.29 is 0 Å². The van der Waals surface area contributed by atoms with Crippen molar-refractivity contribution in [2.45, 2.75) is 39.8 Å². The van der Waals surface area contributed by atoms with Crippen LogP contribution in [0.15, 0.2) is 18.2 Å². The summed E-state index contributed by atoms with van der Waals surface area (Å²) in [6, 6.07) is 8.41. The Morgan fingerprint density at radius 3 is 2.19 bits per heavy atom. The minimum Gasteiger partial charge on any atom is -0.399 e. The van der Waals surface area contributed by atoms with Crippen molar-refractivity contribution in [3.05, 3.63) is 23.8 Å². The summed E-state index contributed by atoms with van der Waals surface area (Å²) in [5.41, 5.74) is 7.92. The van der Waals surface area contributed by atoms with E-state index < -0.39 is 0 Å². The van der Waals surface area contributed by atoms with Crippen LogP contribution >= 0.6 is 0 Å². The summed E-state index contributed by atoms with van der Waals surface area (Å²) in [5.74, 6) is 0. The molecule has 0 fully saturated rings. The highest BCUT2D eigenvalue weighted by Crippen LogP contribution is 2.26. The molecule has 0 aromatic heterocycles. The Balaban J connectivity index is 3.25. The Labute approximate surface area is 97.5 Å². The number of benzene rings is 1. The third-order valence-electron chi connectivity index (χ3n) is 2.53. The molecule has 0 saturated heterocycles. The van der Waals surface area contributed by atoms with Gasteiger partial charge in [-0.05, 0) is 45.9 Å². The Morgan fingerprint density at radius 1 is 1.19 bits per heavy atom. The maximum Gasteiger partial charge on any atom is 0.101 e. The average molecular weight is 217 g/mol. The molecular weight excluding hydrogens is 198 g/mol. The van der Waals surface area contributed by atoms with Crippen LogP contribution in [0.5, 0.6) is 0 Å². The van der Waals surface area contributed by atoms with Crippen molar-refractivity contribution >= 4 is 11.4 Å². The Morgan fingerprint density at radius 2 is 1.75 bits per heavy atom. The first kappa shape index (κ1) is 12.4. The molecule has 3 heteroatoms. The van der Waals surface area contributed by atoms with Crippen molar-refractivity contribution in [3.8, 4) is 6.07 Å². The van der Waals surface area contributed by atoms with Crippen molar-refractivity contribution in [2.75, 3.05) is 10.6 Å². The van der Waals surface area contributed by atoms with E-state index in [0.717, 1.165) is 5.69 Å². The number of anilines is 2. The van der Waals surface area contributed by atoms with E-state index in [2.05, 4.69) is 38.7 Å². The molecule has 0 aliphatic carbocycles. The number of hydrogen-bond acceptors (Lipinski definition) is 3. The van der Waals surface area contributed by atoms with Gasteiger partial charge < -0.3 is 10.6 Å². The largest absolute Gasteiger partial charge is 0.399 e. The summed E-state index contributed by atoms with van der Waals surface area (Å²) >= 11 is 0. The predicted molar refractivity (Wildman–Crippen MR) is 68.3 cm³/mol. The fraction of sp³-hybridized carbons (Fsp3) is 0.462. The molecule has 86 valence electrons. The van der Waals surface area contributed by atoms with Crippen LogP contribution < -0.4 is 10.6 Å². The summed E-state index contributed by atoms with van der Waals surface area (Å²) in [4.78, 5) is 2.22. The van der Waals surface area contributed by atoms with E-state index >= 15 is 0 Å². The predicted octanol–water partition coefficient (Wildman–Crippen LogP) is 2.76. The van der Waals surface area contributed by atoms with Crippen molar-refractivity contribution in [2.24, 2.45) is 0 Å². The molecule has 0 aliphatic heterocycles. The number of rotatable bonds is 3. The van der Waals surface area contributed by atoms with Crippen LogP contribution in [0.25, 0.3) is 0 Å². The highest BCUT2D eigenvalue weighted by Gasteiger charge is 2.17. The molecule has 0 amide bonds. The first-order valence-electron chi connectivity index (χ1n) is 5.55. The summed E-state index contributed by atoms with van der Waals surface area (Å²) in [6.07, 6.45) is 0. The molecule has 1 aromatic rings. The van der Waals surface area contributed by atoms with Crippen LogP contribution in [0.4, 0.5) is 11.4 Å². The summed E-state index contributed by atoms with van der Waals surface area (Å²) in [7, 11) is 0. The topological polar surface area (TPSA) is 53.0 Å². The zero-order chi connectivity index (χ0) is 12.3. The fourth-order valence-electron chi connectivity index (χ4n) is 2.02. The van der Waals surface area contributed by atoms with E-state index in [1.165, 1.54) is 0 Å². The smallest absolute Gasteiger partial charge is 0.101 e. The molecule has 0 unspecified atom stereocenters. The fourth-order valence-corrected chi connectivity index (χ4v) is 2.02. The molecule has 0 aliphatic rings. The maximum atomic E-state index is 9.12. The van der Waals surface area contributed by atoms with Gasteiger partial charge in [-0.3, -0.25) is 0 Å². The SMILES string of the molecule is CC(C)N(c1ccc(N)cc1C#N)C(C)C. The van der Waals surface area contributed by atoms with Gasteiger partial charge in [-0.25, -0.2) is 0 Å². The minimum absolute atomic E-state index is 0.357. The van der Waals surface area contributed by atoms with Gasteiger partial charge in [0.15, 0.2) is 0 Å². The van der Waals surface area contributed by atoms with E-state index in [4.69, 9.17) is 11.0 Å². The Bertz CT molecular complexity index is 394. The third-order valence-corrected chi connectivity index (χ3v) is 2.53. The quantitative estimate of drug-likeness (QED) is 0.792. The average Bonchev–Trinajstić information content (AvgIpc) is 2.19.